The number of anilines is 3. The van der Waals surface area contributed by atoms with Gasteiger partial charge in [0.15, 0.2) is 11.8 Å². The van der Waals surface area contributed by atoms with Gasteiger partial charge < -0.3 is 35.1 Å². The smallest absolute Gasteiger partial charge is 0.320 e. The summed E-state index contributed by atoms with van der Waals surface area (Å²) in [5, 5.41) is 8.52. The van der Waals surface area contributed by atoms with Gasteiger partial charge in [-0.25, -0.2) is 4.79 Å². The highest BCUT2D eigenvalue weighted by Crippen LogP contribution is 2.43. The van der Waals surface area contributed by atoms with Crippen molar-refractivity contribution < 1.29 is 28.6 Å². The molecule has 1 aliphatic rings. The van der Waals surface area contributed by atoms with Crippen LogP contribution in [0.5, 0.6) is 5.75 Å². The lowest BCUT2D eigenvalue weighted by molar-refractivity contribution is -0.138. The first-order valence-corrected chi connectivity index (χ1v) is 13.5. The third-order valence-corrected chi connectivity index (χ3v) is 6.80. The first-order valence-electron chi connectivity index (χ1n) is 13.5. The molecule has 1 atom stereocenters. The van der Waals surface area contributed by atoms with Crippen molar-refractivity contribution in [3.05, 3.63) is 83.9 Å². The number of hydrogen-bond donors (Lipinski definition) is 3. The lowest BCUT2D eigenvalue weighted by atomic mass is 9.87. The SMILES string of the molecule is CCOC(CN1C(=O)C(CC(=O)Nc2ccccc2C)(NC(=O)Nc2cccc(OC)c2)c2ccccc21)OCC. The van der Waals surface area contributed by atoms with Crippen molar-refractivity contribution in [1.29, 1.82) is 0 Å². The Bertz CT molecular complexity index is 1390. The number of benzene rings is 3. The van der Waals surface area contributed by atoms with Gasteiger partial charge in [-0.3, -0.25) is 9.59 Å². The molecule has 10 heteroatoms. The number of nitrogens with zero attached hydrogens (tertiary/aromatic N) is 1. The molecule has 4 rings (SSSR count). The van der Waals surface area contributed by atoms with Gasteiger partial charge >= 0.3 is 6.03 Å². The molecule has 0 radical (unpaired) electrons. The number of rotatable bonds is 12. The molecule has 0 saturated heterocycles. The lowest BCUT2D eigenvalue weighted by Gasteiger charge is -2.30. The minimum absolute atomic E-state index is 0.0812. The van der Waals surface area contributed by atoms with Crippen LogP contribution in [-0.4, -0.2) is 51.0 Å². The zero-order chi connectivity index (χ0) is 29.4. The predicted molar refractivity (Wildman–Crippen MR) is 157 cm³/mol. The number of urea groups is 1. The highest BCUT2D eigenvalue weighted by atomic mass is 16.7. The number of aryl methyl sites for hydroxylation is 1. The number of hydrogen-bond acceptors (Lipinski definition) is 6. The van der Waals surface area contributed by atoms with Crippen LogP contribution in [0.2, 0.25) is 0 Å². The second-order valence-corrected chi connectivity index (χ2v) is 9.53. The summed E-state index contributed by atoms with van der Waals surface area (Å²) in [5.74, 6) is -0.345. The Hall–Kier alpha value is -4.41. The molecule has 216 valence electrons. The van der Waals surface area contributed by atoms with Crippen molar-refractivity contribution in [1.82, 2.24) is 5.32 Å². The molecule has 1 heterocycles. The van der Waals surface area contributed by atoms with E-state index in [4.69, 9.17) is 14.2 Å². The van der Waals surface area contributed by atoms with Gasteiger partial charge in [-0.05, 0) is 50.6 Å². The fourth-order valence-electron chi connectivity index (χ4n) is 4.92. The van der Waals surface area contributed by atoms with Gasteiger partial charge in [-0.1, -0.05) is 42.5 Å². The Labute approximate surface area is 240 Å². The summed E-state index contributed by atoms with van der Waals surface area (Å²) in [6, 6.07) is 20.6. The molecular formula is C31H36N4O6. The average molecular weight is 561 g/mol. The second-order valence-electron chi connectivity index (χ2n) is 9.53. The Kier molecular flexibility index (Phi) is 9.59. The molecular weight excluding hydrogens is 524 g/mol. The number of para-hydroxylation sites is 2. The summed E-state index contributed by atoms with van der Waals surface area (Å²) in [7, 11) is 1.53. The summed E-state index contributed by atoms with van der Waals surface area (Å²) in [6.07, 6.45) is -1.03. The van der Waals surface area contributed by atoms with E-state index < -0.39 is 29.7 Å². The van der Waals surface area contributed by atoms with Crippen molar-refractivity contribution in [2.45, 2.75) is 39.0 Å². The Balaban J connectivity index is 1.70. The normalized spacial score (nSPS) is 15.9. The monoisotopic (exact) mass is 560 g/mol. The van der Waals surface area contributed by atoms with Crippen LogP contribution in [0.4, 0.5) is 21.9 Å². The third kappa shape index (κ3) is 6.67. The molecule has 3 N–H and O–H groups in total. The van der Waals surface area contributed by atoms with Crippen molar-refractivity contribution in [3.8, 4) is 5.75 Å². The number of carbonyl (C=O) groups is 3. The predicted octanol–water partition coefficient (Wildman–Crippen LogP) is 4.80. The zero-order valence-corrected chi connectivity index (χ0v) is 23.7. The van der Waals surface area contributed by atoms with E-state index >= 15 is 0 Å². The fraction of sp³-hybridized carbons (Fsp3) is 0.323. The van der Waals surface area contributed by atoms with Crippen LogP contribution in [0.15, 0.2) is 72.8 Å². The molecule has 4 amide bonds. The van der Waals surface area contributed by atoms with Crippen LogP contribution in [-0.2, 0) is 24.6 Å². The molecule has 0 aliphatic carbocycles. The molecule has 0 spiro atoms. The Morgan fingerprint density at radius 2 is 1.63 bits per heavy atom. The van der Waals surface area contributed by atoms with E-state index in [1.54, 1.807) is 54.6 Å². The van der Waals surface area contributed by atoms with Crippen molar-refractivity contribution >= 4 is 34.9 Å². The first kappa shape index (κ1) is 29.6. The molecule has 41 heavy (non-hydrogen) atoms. The van der Waals surface area contributed by atoms with E-state index in [1.165, 1.54) is 12.0 Å². The summed E-state index contributed by atoms with van der Waals surface area (Å²) < 4.78 is 16.7. The van der Waals surface area contributed by atoms with Crippen LogP contribution in [0, 0.1) is 6.92 Å². The maximum absolute atomic E-state index is 14.3. The van der Waals surface area contributed by atoms with Crippen molar-refractivity contribution in [3.63, 3.8) is 0 Å². The molecule has 0 aromatic heterocycles. The van der Waals surface area contributed by atoms with Crippen molar-refractivity contribution in [2.24, 2.45) is 0 Å². The Morgan fingerprint density at radius 1 is 0.927 bits per heavy atom. The summed E-state index contributed by atoms with van der Waals surface area (Å²) in [4.78, 5) is 42.8. The first-order chi connectivity index (χ1) is 19.8. The van der Waals surface area contributed by atoms with Gasteiger partial charge in [0.25, 0.3) is 5.91 Å². The zero-order valence-electron chi connectivity index (χ0n) is 23.7. The maximum atomic E-state index is 14.3. The van der Waals surface area contributed by atoms with E-state index in [1.807, 2.05) is 39.0 Å². The summed E-state index contributed by atoms with van der Waals surface area (Å²) in [5.41, 5.74) is 1.32. The highest BCUT2D eigenvalue weighted by Gasteiger charge is 2.53. The van der Waals surface area contributed by atoms with Crippen LogP contribution in [0.3, 0.4) is 0 Å². The van der Waals surface area contributed by atoms with Gasteiger partial charge in [-0.2, -0.15) is 0 Å². The van der Waals surface area contributed by atoms with E-state index in [0.717, 1.165) is 5.56 Å². The number of amides is 4. The topological polar surface area (TPSA) is 118 Å². The largest absolute Gasteiger partial charge is 0.497 e. The van der Waals surface area contributed by atoms with Gasteiger partial charge in [0, 0.05) is 36.2 Å². The number of fused-ring (bicyclic) bond motifs is 1. The second kappa shape index (κ2) is 13.3. The molecule has 10 nitrogen and oxygen atoms in total. The average Bonchev–Trinajstić information content (AvgIpc) is 3.17. The van der Waals surface area contributed by atoms with Crippen LogP contribution in [0.25, 0.3) is 0 Å². The maximum Gasteiger partial charge on any atom is 0.320 e. The van der Waals surface area contributed by atoms with E-state index in [9.17, 15) is 14.4 Å². The molecule has 1 aliphatic heterocycles. The quantitative estimate of drug-likeness (QED) is 0.274. The standard InChI is InChI=1S/C31H36N4O6/c1-5-40-28(41-6-2)20-35-26-17-10-8-15-24(26)31(29(35)37,19-27(36)33-25-16-9-7-12-21(25)3)34-30(38)32-22-13-11-14-23(18-22)39-4/h7-18,28H,5-6,19-20H2,1-4H3,(H,33,36)(H2,32,34,38). The van der Waals surface area contributed by atoms with E-state index in [2.05, 4.69) is 16.0 Å². The van der Waals surface area contributed by atoms with Crippen LogP contribution in [0.1, 0.15) is 31.4 Å². The molecule has 1 unspecified atom stereocenters. The van der Waals surface area contributed by atoms with Crippen LogP contribution < -0.4 is 25.6 Å². The fourth-order valence-corrected chi connectivity index (χ4v) is 4.92. The molecule has 3 aromatic carbocycles. The minimum atomic E-state index is -1.70. The van der Waals surface area contributed by atoms with E-state index in [-0.39, 0.29) is 13.0 Å². The summed E-state index contributed by atoms with van der Waals surface area (Å²) in [6.45, 7) is 6.42. The number of nitrogens with one attached hydrogen (secondary N) is 3. The van der Waals surface area contributed by atoms with Crippen LogP contribution >= 0.6 is 0 Å². The number of ether oxygens (including phenoxy) is 3. The Morgan fingerprint density at radius 3 is 2.34 bits per heavy atom. The summed E-state index contributed by atoms with van der Waals surface area (Å²) >= 11 is 0. The lowest BCUT2D eigenvalue weighted by Crippen LogP contribution is -2.56. The van der Waals surface area contributed by atoms with Gasteiger partial charge in [0.2, 0.25) is 5.91 Å². The molecule has 0 fully saturated rings. The van der Waals surface area contributed by atoms with Gasteiger partial charge in [-0.15, -0.1) is 0 Å². The number of carbonyl (C=O) groups excluding carboxylic acids is 3. The number of methoxy groups -OCH3 is 1. The van der Waals surface area contributed by atoms with E-state index in [0.29, 0.717) is 41.6 Å². The van der Waals surface area contributed by atoms with Gasteiger partial charge in [0.05, 0.1) is 25.8 Å². The minimum Gasteiger partial charge on any atom is -0.497 e. The highest BCUT2D eigenvalue weighted by molar-refractivity contribution is 6.13. The van der Waals surface area contributed by atoms with Gasteiger partial charge in [0.1, 0.15) is 5.75 Å². The van der Waals surface area contributed by atoms with Crippen molar-refractivity contribution in [2.75, 3.05) is 42.4 Å². The third-order valence-electron chi connectivity index (χ3n) is 6.80. The molecule has 3 aromatic rings. The molecule has 0 bridgehead atoms. The molecule has 0 saturated carbocycles.